The number of ether oxygens (including phenoxy) is 1. The molecule has 0 fully saturated rings. The Labute approximate surface area is 167 Å². The molecule has 1 N–H and O–H groups in total. The van der Waals surface area contributed by atoms with Crippen molar-refractivity contribution in [2.45, 2.75) is 20.1 Å². The van der Waals surface area contributed by atoms with Crippen molar-refractivity contribution in [3.8, 4) is 5.75 Å². The molecule has 146 valence electrons. The van der Waals surface area contributed by atoms with Gasteiger partial charge in [0.25, 0.3) is 0 Å². The van der Waals surface area contributed by atoms with E-state index in [-0.39, 0.29) is 19.1 Å². The molecule has 0 aliphatic heterocycles. The maximum absolute atomic E-state index is 13.5. The highest BCUT2D eigenvalue weighted by Gasteiger charge is 2.15. The SMILES string of the molecule is Cc1ccc(F)cc1NC(=O)Cn1c(COc2ccccc2)nc2ccccc21. The summed E-state index contributed by atoms with van der Waals surface area (Å²) in [7, 11) is 0. The number of hydrogen-bond donors (Lipinski definition) is 1. The summed E-state index contributed by atoms with van der Waals surface area (Å²) in [5.41, 5.74) is 2.88. The van der Waals surface area contributed by atoms with Gasteiger partial charge in [-0.15, -0.1) is 0 Å². The number of carbonyl (C=O) groups is 1. The third-order valence-corrected chi connectivity index (χ3v) is 4.62. The van der Waals surface area contributed by atoms with Crippen molar-refractivity contribution in [1.82, 2.24) is 9.55 Å². The maximum Gasteiger partial charge on any atom is 0.244 e. The average molecular weight is 389 g/mol. The van der Waals surface area contributed by atoms with Crippen LogP contribution in [-0.2, 0) is 17.9 Å². The summed E-state index contributed by atoms with van der Waals surface area (Å²) in [5, 5.41) is 2.79. The summed E-state index contributed by atoms with van der Waals surface area (Å²) in [6.45, 7) is 2.09. The lowest BCUT2D eigenvalue weighted by molar-refractivity contribution is -0.116. The van der Waals surface area contributed by atoms with E-state index in [0.717, 1.165) is 22.3 Å². The van der Waals surface area contributed by atoms with Gasteiger partial charge in [0, 0.05) is 5.69 Å². The van der Waals surface area contributed by atoms with Crippen molar-refractivity contribution in [2.24, 2.45) is 0 Å². The predicted octanol–water partition coefficient (Wildman–Crippen LogP) is 4.70. The van der Waals surface area contributed by atoms with Crippen LogP contribution in [0.2, 0.25) is 0 Å². The second-order valence-electron chi connectivity index (χ2n) is 6.71. The zero-order valence-electron chi connectivity index (χ0n) is 15.9. The quantitative estimate of drug-likeness (QED) is 0.520. The van der Waals surface area contributed by atoms with Crippen LogP contribution >= 0.6 is 0 Å². The molecule has 4 aromatic rings. The average Bonchev–Trinajstić information content (AvgIpc) is 3.07. The number of hydrogen-bond acceptors (Lipinski definition) is 3. The minimum atomic E-state index is -0.393. The molecule has 29 heavy (non-hydrogen) atoms. The summed E-state index contributed by atoms with van der Waals surface area (Å²) >= 11 is 0. The van der Waals surface area contributed by atoms with Crippen molar-refractivity contribution < 1.29 is 13.9 Å². The molecule has 0 aliphatic carbocycles. The van der Waals surface area contributed by atoms with Gasteiger partial charge in [0.15, 0.2) is 0 Å². The predicted molar refractivity (Wildman–Crippen MR) is 110 cm³/mol. The lowest BCUT2D eigenvalue weighted by Gasteiger charge is -2.12. The Morgan fingerprint density at radius 3 is 2.66 bits per heavy atom. The molecule has 0 saturated carbocycles. The van der Waals surface area contributed by atoms with E-state index in [1.807, 2.05) is 66.1 Å². The number of fused-ring (bicyclic) bond motifs is 1. The van der Waals surface area contributed by atoms with E-state index < -0.39 is 5.82 Å². The Hall–Kier alpha value is -3.67. The first-order chi connectivity index (χ1) is 14.1. The number of aromatic nitrogens is 2. The molecule has 0 atom stereocenters. The van der Waals surface area contributed by atoms with Gasteiger partial charge < -0.3 is 14.6 Å². The first-order valence-corrected chi connectivity index (χ1v) is 9.28. The zero-order valence-corrected chi connectivity index (χ0v) is 15.9. The molecule has 3 aromatic carbocycles. The van der Waals surface area contributed by atoms with Crippen LogP contribution in [0.1, 0.15) is 11.4 Å². The van der Waals surface area contributed by atoms with Crippen LogP contribution in [0, 0.1) is 12.7 Å². The van der Waals surface area contributed by atoms with Gasteiger partial charge in [-0.2, -0.15) is 0 Å². The molecular formula is C23H20FN3O2. The van der Waals surface area contributed by atoms with Crippen molar-refractivity contribution in [3.63, 3.8) is 0 Å². The molecule has 0 aliphatic rings. The van der Waals surface area contributed by atoms with Gasteiger partial charge in [0.1, 0.15) is 30.5 Å². The van der Waals surface area contributed by atoms with Crippen molar-refractivity contribution >= 4 is 22.6 Å². The highest BCUT2D eigenvalue weighted by molar-refractivity contribution is 5.92. The van der Waals surface area contributed by atoms with Gasteiger partial charge in [-0.25, -0.2) is 9.37 Å². The number of rotatable bonds is 6. The smallest absolute Gasteiger partial charge is 0.244 e. The Balaban J connectivity index is 1.58. The van der Waals surface area contributed by atoms with Crippen molar-refractivity contribution in [3.05, 3.63) is 90.0 Å². The highest BCUT2D eigenvalue weighted by Crippen LogP contribution is 2.20. The number of halogens is 1. The molecule has 0 radical (unpaired) electrons. The first kappa shape index (κ1) is 18.7. The number of anilines is 1. The highest BCUT2D eigenvalue weighted by atomic mass is 19.1. The molecule has 0 unspecified atom stereocenters. The van der Waals surface area contributed by atoms with E-state index in [1.54, 1.807) is 6.07 Å². The Morgan fingerprint density at radius 2 is 1.83 bits per heavy atom. The van der Waals surface area contributed by atoms with Gasteiger partial charge in [0.05, 0.1) is 11.0 Å². The van der Waals surface area contributed by atoms with Crippen LogP contribution in [0.4, 0.5) is 10.1 Å². The summed E-state index contributed by atoms with van der Waals surface area (Å²) in [6.07, 6.45) is 0. The number of para-hydroxylation sites is 3. The minimum Gasteiger partial charge on any atom is -0.486 e. The van der Waals surface area contributed by atoms with E-state index in [0.29, 0.717) is 11.5 Å². The monoisotopic (exact) mass is 389 g/mol. The fourth-order valence-electron chi connectivity index (χ4n) is 3.14. The molecule has 0 bridgehead atoms. The number of amides is 1. The van der Waals surface area contributed by atoms with Crippen LogP contribution < -0.4 is 10.1 Å². The lowest BCUT2D eigenvalue weighted by Crippen LogP contribution is -2.21. The van der Waals surface area contributed by atoms with E-state index >= 15 is 0 Å². The number of nitrogens with one attached hydrogen (secondary N) is 1. The summed E-state index contributed by atoms with van der Waals surface area (Å²) in [5.74, 6) is 0.714. The third kappa shape index (κ3) is 4.27. The van der Waals surface area contributed by atoms with Gasteiger partial charge in [-0.1, -0.05) is 36.4 Å². The topological polar surface area (TPSA) is 56.2 Å². The van der Waals surface area contributed by atoms with E-state index in [1.165, 1.54) is 12.1 Å². The van der Waals surface area contributed by atoms with Crippen LogP contribution in [0.15, 0.2) is 72.8 Å². The normalized spacial score (nSPS) is 10.8. The zero-order chi connectivity index (χ0) is 20.2. The largest absolute Gasteiger partial charge is 0.486 e. The summed E-state index contributed by atoms with van der Waals surface area (Å²) < 4.78 is 21.2. The van der Waals surface area contributed by atoms with Crippen molar-refractivity contribution in [1.29, 1.82) is 0 Å². The number of aryl methyl sites for hydroxylation is 1. The second-order valence-corrected chi connectivity index (χ2v) is 6.71. The van der Waals surface area contributed by atoms with Crippen molar-refractivity contribution in [2.75, 3.05) is 5.32 Å². The summed E-state index contributed by atoms with van der Waals surface area (Å²) in [6, 6.07) is 21.4. The summed E-state index contributed by atoms with van der Waals surface area (Å²) in [4.78, 5) is 17.3. The molecule has 0 spiro atoms. The number of carbonyl (C=O) groups excluding carboxylic acids is 1. The number of nitrogens with zero attached hydrogens (tertiary/aromatic N) is 2. The Kier molecular flexibility index (Phi) is 5.24. The number of imidazole rings is 1. The minimum absolute atomic E-state index is 0.0456. The molecule has 1 heterocycles. The second kappa shape index (κ2) is 8.14. The third-order valence-electron chi connectivity index (χ3n) is 4.62. The van der Waals surface area contributed by atoms with Gasteiger partial charge in [-0.05, 0) is 48.9 Å². The van der Waals surface area contributed by atoms with Gasteiger partial charge in [0.2, 0.25) is 5.91 Å². The standard InChI is InChI=1S/C23H20FN3O2/c1-16-11-12-17(24)13-20(16)26-23(28)14-27-21-10-6-5-9-19(21)25-22(27)15-29-18-7-3-2-4-8-18/h2-13H,14-15H2,1H3,(H,26,28). The fraction of sp³-hybridized carbons (Fsp3) is 0.130. The van der Waals surface area contributed by atoms with E-state index in [2.05, 4.69) is 10.3 Å². The Morgan fingerprint density at radius 1 is 1.07 bits per heavy atom. The van der Waals surface area contributed by atoms with Crippen LogP contribution in [0.3, 0.4) is 0 Å². The fourth-order valence-corrected chi connectivity index (χ4v) is 3.14. The molecule has 1 aromatic heterocycles. The molecule has 6 heteroatoms. The Bertz CT molecular complexity index is 1160. The van der Waals surface area contributed by atoms with Crippen LogP contribution in [0.5, 0.6) is 5.75 Å². The van der Waals surface area contributed by atoms with Crippen LogP contribution in [-0.4, -0.2) is 15.5 Å². The molecule has 5 nitrogen and oxygen atoms in total. The molecule has 1 amide bonds. The maximum atomic E-state index is 13.5. The van der Waals surface area contributed by atoms with Crippen LogP contribution in [0.25, 0.3) is 11.0 Å². The van der Waals surface area contributed by atoms with Gasteiger partial charge in [-0.3, -0.25) is 4.79 Å². The lowest BCUT2D eigenvalue weighted by atomic mass is 10.2. The first-order valence-electron chi connectivity index (χ1n) is 9.28. The van der Waals surface area contributed by atoms with E-state index in [9.17, 15) is 9.18 Å². The molecular weight excluding hydrogens is 369 g/mol. The molecule has 0 saturated heterocycles. The molecule has 4 rings (SSSR count). The van der Waals surface area contributed by atoms with E-state index in [4.69, 9.17) is 4.74 Å². The number of benzene rings is 3. The van der Waals surface area contributed by atoms with Gasteiger partial charge >= 0.3 is 0 Å².